The normalized spacial score (nSPS) is 15.5. The van der Waals surface area contributed by atoms with Gasteiger partial charge >= 0.3 is 5.69 Å². The van der Waals surface area contributed by atoms with E-state index < -0.39 is 17.2 Å². The number of para-hydroxylation sites is 1. The van der Waals surface area contributed by atoms with E-state index in [1.165, 1.54) is 4.90 Å². The summed E-state index contributed by atoms with van der Waals surface area (Å²) in [4.78, 5) is 41.2. The van der Waals surface area contributed by atoms with E-state index in [4.69, 9.17) is 0 Å². The fourth-order valence-corrected chi connectivity index (χ4v) is 2.90. The first kappa shape index (κ1) is 16.2. The molecule has 1 aliphatic rings. The molecule has 0 aliphatic carbocycles. The van der Waals surface area contributed by atoms with Gasteiger partial charge in [-0.1, -0.05) is 18.2 Å². The van der Waals surface area contributed by atoms with Gasteiger partial charge in [0.05, 0.1) is 12.4 Å². The minimum Gasteiger partial charge on any atom is -0.338 e. The number of rotatable bonds is 3. The summed E-state index contributed by atoms with van der Waals surface area (Å²) in [6.07, 6.45) is 2.32. The van der Waals surface area contributed by atoms with Crippen LogP contribution >= 0.6 is 0 Å². The summed E-state index contributed by atoms with van der Waals surface area (Å²) in [6.45, 7) is 0.441. The predicted octanol–water partition coefficient (Wildman–Crippen LogP) is 1.35. The average Bonchev–Trinajstić information content (AvgIpc) is 2.62. The van der Waals surface area contributed by atoms with Crippen LogP contribution in [0.2, 0.25) is 0 Å². The Labute approximate surface area is 137 Å². The highest BCUT2D eigenvalue weighted by molar-refractivity contribution is 5.93. The van der Waals surface area contributed by atoms with Crippen LogP contribution in [0.5, 0.6) is 0 Å². The number of likely N-dealkylation sites (tertiary alicyclic amines) is 1. The number of nitrogens with zero attached hydrogens (tertiary/aromatic N) is 2. The topological polar surface area (TPSA) is 75.2 Å². The minimum atomic E-state index is -0.650. The summed E-state index contributed by atoms with van der Waals surface area (Å²) in [5.41, 5.74) is -0.937. The van der Waals surface area contributed by atoms with E-state index >= 15 is 0 Å². The lowest BCUT2D eigenvalue weighted by Gasteiger charge is -2.30. The van der Waals surface area contributed by atoms with E-state index in [0.29, 0.717) is 31.6 Å². The number of amides is 1. The van der Waals surface area contributed by atoms with Crippen molar-refractivity contribution in [2.75, 3.05) is 19.8 Å². The summed E-state index contributed by atoms with van der Waals surface area (Å²) in [6, 6.07) is 8.43. The third kappa shape index (κ3) is 3.02. The molecule has 0 radical (unpaired) electrons. The summed E-state index contributed by atoms with van der Waals surface area (Å²) in [5, 5.41) is 0. The molecule has 3 rings (SSSR count). The number of nitrogens with one attached hydrogen (secondary N) is 1. The molecule has 0 saturated carbocycles. The van der Waals surface area contributed by atoms with Gasteiger partial charge in [-0.2, -0.15) is 0 Å². The number of aromatic amines is 1. The van der Waals surface area contributed by atoms with Crippen LogP contribution in [0.4, 0.5) is 4.39 Å². The Morgan fingerprint density at radius 3 is 2.46 bits per heavy atom. The summed E-state index contributed by atoms with van der Waals surface area (Å²) < 4.78 is 13.6. The molecule has 1 aliphatic heterocycles. The SMILES string of the molecule is O=C(c1c[nH]c(=O)n(-c2ccccc2)c1=O)N1CCC(CF)CC1. The van der Waals surface area contributed by atoms with E-state index in [1.807, 2.05) is 0 Å². The number of benzene rings is 1. The first-order valence-electron chi connectivity index (χ1n) is 7.87. The molecule has 0 atom stereocenters. The molecule has 0 bridgehead atoms. The lowest BCUT2D eigenvalue weighted by Crippen LogP contribution is -2.44. The zero-order valence-electron chi connectivity index (χ0n) is 13.1. The highest BCUT2D eigenvalue weighted by Gasteiger charge is 2.26. The maximum Gasteiger partial charge on any atom is 0.333 e. The van der Waals surface area contributed by atoms with Crippen molar-refractivity contribution in [3.05, 3.63) is 62.9 Å². The lowest BCUT2D eigenvalue weighted by molar-refractivity contribution is 0.0675. The standard InChI is InChI=1S/C17H18FN3O3/c18-10-12-6-8-20(9-7-12)15(22)14-11-19-17(24)21(16(14)23)13-4-2-1-3-5-13/h1-5,11-12H,6-10H2,(H,19,24). The smallest absolute Gasteiger partial charge is 0.333 e. The van der Waals surface area contributed by atoms with E-state index in [9.17, 15) is 18.8 Å². The molecule has 1 aromatic heterocycles. The number of hydrogen-bond donors (Lipinski definition) is 1. The van der Waals surface area contributed by atoms with Crippen molar-refractivity contribution in [2.45, 2.75) is 12.8 Å². The molecule has 1 fully saturated rings. The number of carbonyl (C=O) groups is 1. The van der Waals surface area contributed by atoms with Gasteiger partial charge in [0.15, 0.2) is 0 Å². The molecule has 0 unspecified atom stereocenters. The molecule has 126 valence electrons. The third-order valence-corrected chi connectivity index (χ3v) is 4.34. The van der Waals surface area contributed by atoms with Crippen LogP contribution in [0.15, 0.2) is 46.1 Å². The molecular formula is C17H18FN3O3. The number of aromatic nitrogens is 2. The second-order valence-electron chi connectivity index (χ2n) is 5.87. The predicted molar refractivity (Wildman–Crippen MR) is 87.3 cm³/mol. The second kappa shape index (κ2) is 6.82. The van der Waals surface area contributed by atoms with Crippen LogP contribution < -0.4 is 11.2 Å². The lowest BCUT2D eigenvalue weighted by atomic mass is 9.98. The van der Waals surface area contributed by atoms with Crippen LogP contribution in [0.3, 0.4) is 0 Å². The number of carbonyl (C=O) groups excluding carboxylic acids is 1. The first-order chi connectivity index (χ1) is 11.6. The van der Waals surface area contributed by atoms with E-state index in [-0.39, 0.29) is 18.2 Å². The molecule has 0 spiro atoms. The Balaban J connectivity index is 1.94. The molecule has 24 heavy (non-hydrogen) atoms. The Morgan fingerprint density at radius 1 is 1.17 bits per heavy atom. The monoisotopic (exact) mass is 331 g/mol. The molecule has 7 heteroatoms. The number of H-pyrrole nitrogens is 1. The number of hydrogen-bond acceptors (Lipinski definition) is 3. The molecule has 1 saturated heterocycles. The molecule has 1 amide bonds. The average molecular weight is 331 g/mol. The highest BCUT2D eigenvalue weighted by Crippen LogP contribution is 2.18. The van der Waals surface area contributed by atoms with Gasteiger partial charge in [0.2, 0.25) is 0 Å². The van der Waals surface area contributed by atoms with Crippen molar-refractivity contribution in [3.8, 4) is 5.69 Å². The second-order valence-corrected chi connectivity index (χ2v) is 5.87. The van der Waals surface area contributed by atoms with Crippen molar-refractivity contribution < 1.29 is 9.18 Å². The summed E-state index contributed by atoms with van der Waals surface area (Å²) >= 11 is 0. The third-order valence-electron chi connectivity index (χ3n) is 4.34. The molecule has 2 aromatic rings. The van der Waals surface area contributed by atoms with Gasteiger partial charge in [-0.3, -0.25) is 14.0 Å². The minimum absolute atomic E-state index is 0.0226. The van der Waals surface area contributed by atoms with Crippen molar-refractivity contribution in [1.29, 1.82) is 0 Å². The van der Waals surface area contributed by atoms with Gasteiger partial charge in [0.25, 0.3) is 11.5 Å². The van der Waals surface area contributed by atoms with Crippen molar-refractivity contribution >= 4 is 5.91 Å². The van der Waals surface area contributed by atoms with Crippen LogP contribution in [-0.4, -0.2) is 40.1 Å². The molecular weight excluding hydrogens is 313 g/mol. The van der Waals surface area contributed by atoms with Crippen molar-refractivity contribution in [2.24, 2.45) is 5.92 Å². The van der Waals surface area contributed by atoms with Crippen LogP contribution in [0.1, 0.15) is 23.2 Å². The maximum absolute atomic E-state index is 12.7. The van der Waals surface area contributed by atoms with E-state index in [2.05, 4.69) is 4.98 Å². The number of alkyl halides is 1. The van der Waals surface area contributed by atoms with Crippen molar-refractivity contribution in [3.63, 3.8) is 0 Å². The zero-order valence-corrected chi connectivity index (χ0v) is 13.1. The zero-order chi connectivity index (χ0) is 17.1. The Hall–Kier alpha value is -2.70. The molecule has 1 aromatic carbocycles. The van der Waals surface area contributed by atoms with Gasteiger partial charge in [-0.05, 0) is 30.9 Å². The fourth-order valence-electron chi connectivity index (χ4n) is 2.90. The Morgan fingerprint density at radius 2 is 1.83 bits per heavy atom. The first-order valence-corrected chi connectivity index (χ1v) is 7.87. The van der Waals surface area contributed by atoms with Crippen LogP contribution in [0.25, 0.3) is 5.69 Å². The molecule has 2 heterocycles. The van der Waals surface area contributed by atoms with Gasteiger partial charge in [0, 0.05) is 19.3 Å². The van der Waals surface area contributed by atoms with Gasteiger partial charge in [-0.25, -0.2) is 9.36 Å². The van der Waals surface area contributed by atoms with Gasteiger partial charge < -0.3 is 9.88 Å². The number of halogens is 1. The largest absolute Gasteiger partial charge is 0.338 e. The van der Waals surface area contributed by atoms with E-state index in [0.717, 1.165) is 10.8 Å². The van der Waals surface area contributed by atoms with Gasteiger partial charge in [-0.15, -0.1) is 0 Å². The van der Waals surface area contributed by atoms with Crippen LogP contribution in [0, 0.1) is 5.92 Å². The summed E-state index contributed by atoms with van der Waals surface area (Å²) in [7, 11) is 0. The number of piperidine rings is 1. The fraction of sp³-hybridized carbons (Fsp3) is 0.353. The highest BCUT2D eigenvalue weighted by atomic mass is 19.1. The summed E-state index contributed by atoms with van der Waals surface area (Å²) in [5.74, 6) is -0.455. The Bertz CT molecular complexity index is 836. The van der Waals surface area contributed by atoms with Crippen molar-refractivity contribution in [1.82, 2.24) is 14.5 Å². The quantitative estimate of drug-likeness (QED) is 0.922. The van der Waals surface area contributed by atoms with Crippen LogP contribution in [-0.2, 0) is 0 Å². The van der Waals surface area contributed by atoms with Gasteiger partial charge in [0.1, 0.15) is 5.56 Å². The molecule has 1 N–H and O–H groups in total. The molecule has 6 nitrogen and oxygen atoms in total. The Kier molecular flexibility index (Phi) is 4.59. The maximum atomic E-state index is 12.7. The van der Waals surface area contributed by atoms with E-state index in [1.54, 1.807) is 30.3 Å².